The number of ether oxygens (including phenoxy) is 2. The van der Waals surface area contributed by atoms with Crippen LogP contribution >= 0.6 is 0 Å². The van der Waals surface area contributed by atoms with E-state index in [1.54, 1.807) is 0 Å². The first kappa shape index (κ1) is 27.8. The molecule has 0 aliphatic carbocycles. The highest BCUT2D eigenvalue weighted by Gasteiger charge is 2.11. The topological polar surface area (TPSA) is 93.1 Å². The average Bonchev–Trinajstić information content (AvgIpc) is 2.70. The summed E-state index contributed by atoms with van der Waals surface area (Å²) in [5.41, 5.74) is 0. The number of esters is 2. The second-order valence-corrected chi connectivity index (χ2v) is 7.53. The molecule has 0 rings (SSSR count). The highest BCUT2D eigenvalue weighted by Crippen LogP contribution is 2.10. The van der Waals surface area contributed by atoms with Gasteiger partial charge >= 0.3 is 11.9 Å². The molecule has 0 saturated heterocycles. The fourth-order valence-corrected chi connectivity index (χ4v) is 2.88. The summed E-state index contributed by atoms with van der Waals surface area (Å²) in [4.78, 5) is 22.9. The minimum absolute atomic E-state index is 0.173. The van der Waals surface area contributed by atoms with E-state index in [0.29, 0.717) is 6.42 Å². The Bertz CT molecular complexity index is 422. The third kappa shape index (κ3) is 21.3. The maximum atomic E-state index is 11.5. The van der Waals surface area contributed by atoms with Crippen molar-refractivity contribution < 1.29 is 29.3 Å². The molecule has 0 saturated carbocycles. The van der Waals surface area contributed by atoms with Crippen LogP contribution in [0.4, 0.5) is 0 Å². The molecular weight excluding hydrogens is 372 g/mol. The van der Waals surface area contributed by atoms with Gasteiger partial charge in [-0.2, -0.15) is 0 Å². The van der Waals surface area contributed by atoms with E-state index < -0.39 is 31.3 Å². The Morgan fingerprint density at radius 2 is 1.38 bits per heavy atom. The fraction of sp³-hybridized carbons (Fsp3) is 0.826. The summed E-state index contributed by atoms with van der Waals surface area (Å²) in [5, 5.41) is 17.7. The first-order valence-electron chi connectivity index (χ1n) is 11.3. The van der Waals surface area contributed by atoms with Gasteiger partial charge in [-0.3, -0.25) is 4.79 Å². The summed E-state index contributed by atoms with van der Waals surface area (Å²) in [6, 6.07) is 0. The number of allylic oxidation sites excluding steroid dienone is 2. The first-order chi connectivity index (χ1) is 14.1. The molecule has 2 N–H and O–H groups in total. The van der Waals surface area contributed by atoms with Gasteiger partial charge in [-0.25, -0.2) is 4.79 Å². The van der Waals surface area contributed by atoms with Gasteiger partial charge in [-0.15, -0.1) is 0 Å². The molecular formula is C23H42O6. The minimum atomic E-state index is -1.03. The van der Waals surface area contributed by atoms with E-state index in [2.05, 4.69) is 23.8 Å². The SMILES string of the molecule is CCCCCCCC/C=C\CCCCCCCC(=O)OC(=O)COCC(O)CO. The smallest absolute Gasteiger partial charge is 0.339 e. The maximum absolute atomic E-state index is 11.5. The second-order valence-electron chi connectivity index (χ2n) is 7.53. The van der Waals surface area contributed by atoms with Crippen molar-refractivity contribution in [3.63, 3.8) is 0 Å². The van der Waals surface area contributed by atoms with Crippen LogP contribution in [0.1, 0.15) is 96.8 Å². The van der Waals surface area contributed by atoms with Crippen LogP contribution in [0.25, 0.3) is 0 Å². The lowest BCUT2D eigenvalue weighted by molar-refractivity contribution is -0.163. The van der Waals surface area contributed by atoms with Gasteiger partial charge in [-0.1, -0.05) is 70.4 Å². The summed E-state index contributed by atoms with van der Waals surface area (Å²) >= 11 is 0. The van der Waals surface area contributed by atoms with E-state index in [9.17, 15) is 9.59 Å². The molecule has 0 amide bonds. The van der Waals surface area contributed by atoms with Crippen molar-refractivity contribution in [2.24, 2.45) is 0 Å². The van der Waals surface area contributed by atoms with E-state index in [4.69, 9.17) is 14.9 Å². The number of carbonyl (C=O) groups excluding carboxylic acids is 2. The largest absolute Gasteiger partial charge is 0.394 e. The van der Waals surface area contributed by atoms with Gasteiger partial charge in [0.15, 0.2) is 0 Å². The Morgan fingerprint density at radius 1 is 0.828 bits per heavy atom. The molecule has 6 nitrogen and oxygen atoms in total. The number of aliphatic hydroxyl groups is 2. The van der Waals surface area contributed by atoms with Crippen molar-refractivity contribution in [3.05, 3.63) is 12.2 Å². The first-order valence-corrected chi connectivity index (χ1v) is 11.3. The van der Waals surface area contributed by atoms with Crippen molar-refractivity contribution in [1.82, 2.24) is 0 Å². The zero-order chi connectivity index (χ0) is 21.6. The fourth-order valence-electron chi connectivity index (χ4n) is 2.88. The van der Waals surface area contributed by atoms with Crippen LogP contribution < -0.4 is 0 Å². The molecule has 0 radical (unpaired) electrons. The molecule has 170 valence electrons. The van der Waals surface area contributed by atoms with E-state index >= 15 is 0 Å². The summed E-state index contributed by atoms with van der Waals surface area (Å²) in [7, 11) is 0. The Morgan fingerprint density at radius 3 is 1.97 bits per heavy atom. The van der Waals surface area contributed by atoms with Gasteiger partial charge < -0.3 is 19.7 Å². The van der Waals surface area contributed by atoms with Gasteiger partial charge in [0.2, 0.25) is 0 Å². The lowest BCUT2D eigenvalue weighted by Gasteiger charge is -2.07. The van der Waals surface area contributed by atoms with E-state index in [1.807, 2.05) is 0 Å². The van der Waals surface area contributed by atoms with Crippen molar-refractivity contribution in [2.45, 2.75) is 103 Å². The molecule has 0 heterocycles. The zero-order valence-electron chi connectivity index (χ0n) is 18.3. The summed E-state index contributed by atoms with van der Waals surface area (Å²) in [6.45, 7) is 1.22. The molecule has 0 bridgehead atoms. The van der Waals surface area contributed by atoms with Gasteiger partial charge in [0.25, 0.3) is 0 Å². The number of hydrogen-bond acceptors (Lipinski definition) is 6. The molecule has 29 heavy (non-hydrogen) atoms. The van der Waals surface area contributed by atoms with Crippen molar-refractivity contribution in [2.75, 3.05) is 19.8 Å². The quantitative estimate of drug-likeness (QED) is 0.132. The lowest BCUT2D eigenvalue weighted by Crippen LogP contribution is -2.23. The highest BCUT2D eigenvalue weighted by atomic mass is 16.6. The van der Waals surface area contributed by atoms with E-state index in [0.717, 1.165) is 25.7 Å². The Balaban J connectivity index is 3.37. The van der Waals surface area contributed by atoms with Crippen LogP contribution in [0.3, 0.4) is 0 Å². The third-order valence-electron chi connectivity index (χ3n) is 4.61. The maximum Gasteiger partial charge on any atom is 0.339 e. The van der Waals surface area contributed by atoms with Crippen LogP contribution in [0.2, 0.25) is 0 Å². The number of unbranched alkanes of at least 4 members (excludes halogenated alkanes) is 11. The molecule has 6 heteroatoms. The van der Waals surface area contributed by atoms with Gasteiger partial charge in [0, 0.05) is 6.42 Å². The predicted octanol–water partition coefficient (Wildman–Crippen LogP) is 4.46. The Labute approximate surface area is 176 Å². The monoisotopic (exact) mass is 414 g/mol. The number of hydrogen-bond donors (Lipinski definition) is 2. The molecule has 0 fully saturated rings. The van der Waals surface area contributed by atoms with Crippen molar-refractivity contribution in [3.8, 4) is 0 Å². The molecule has 0 aromatic rings. The third-order valence-corrected chi connectivity index (χ3v) is 4.61. The van der Waals surface area contributed by atoms with E-state index in [-0.39, 0.29) is 13.0 Å². The summed E-state index contributed by atoms with van der Waals surface area (Å²) in [5.74, 6) is -1.31. The molecule has 1 atom stereocenters. The highest BCUT2D eigenvalue weighted by molar-refractivity contribution is 5.85. The molecule has 0 aliphatic heterocycles. The molecule has 1 unspecified atom stereocenters. The standard InChI is InChI=1S/C23H42O6/c1-2-3-4-5-6-7-8-9-10-11-12-13-14-15-16-17-22(26)29-23(27)20-28-19-21(25)18-24/h9-10,21,24-25H,2-8,11-20H2,1H3/b10-9-. The van der Waals surface area contributed by atoms with Crippen molar-refractivity contribution >= 4 is 11.9 Å². The Kier molecular flexibility index (Phi) is 20.6. The molecule has 0 spiro atoms. The molecule has 0 aliphatic rings. The van der Waals surface area contributed by atoms with Crippen molar-refractivity contribution in [1.29, 1.82) is 0 Å². The average molecular weight is 415 g/mol. The second kappa shape index (κ2) is 21.5. The minimum Gasteiger partial charge on any atom is -0.394 e. The van der Waals surface area contributed by atoms with Crippen LogP contribution in [-0.4, -0.2) is 48.1 Å². The van der Waals surface area contributed by atoms with Crippen LogP contribution in [-0.2, 0) is 19.1 Å². The van der Waals surface area contributed by atoms with Gasteiger partial charge in [-0.05, 0) is 32.1 Å². The van der Waals surface area contributed by atoms with Crippen LogP contribution in [0.5, 0.6) is 0 Å². The summed E-state index contributed by atoms with van der Waals surface area (Å²) < 4.78 is 9.47. The lowest BCUT2D eigenvalue weighted by atomic mass is 10.1. The number of rotatable bonds is 20. The predicted molar refractivity (Wildman–Crippen MR) is 114 cm³/mol. The molecule has 0 aromatic carbocycles. The molecule has 0 aromatic heterocycles. The van der Waals surface area contributed by atoms with Gasteiger partial charge in [0.05, 0.1) is 13.2 Å². The van der Waals surface area contributed by atoms with Crippen LogP contribution in [0.15, 0.2) is 12.2 Å². The number of carbonyl (C=O) groups is 2. The number of aliphatic hydroxyl groups excluding tert-OH is 2. The van der Waals surface area contributed by atoms with Crippen LogP contribution in [0, 0.1) is 0 Å². The van der Waals surface area contributed by atoms with Gasteiger partial charge in [0.1, 0.15) is 12.7 Å². The van der Waals surface area contributed by atoms with E-state index in [1.165, 1.54) is 51.4 Å². The summed E-state index contributed by atoms with van der Waals surface area (Å²) in [6.07, 6.45) is 19.2. The Hall–Kier alpha value is -1.24. The zero-order valence-corrected chi connectivity index (χ0v) is 18.3. The normalized spacial score (nSPS) is 12.4.